The van der Waals surface area contributed by atoms with E-state index in [0.29, 0.717) is 6.61 Å². The van der Waals surface area contributed by atoms with Gasteiger partial charge in [0.15, 0.2) is 0 Å². The van der Waals surface area contributed by atoms with Crippen molar-refractivity contribution < 1.29 is 9.53 Å². The predicted molar refractivity (Wildman–Crippen MR) is 86.4 cm³/mol. The Bertz CT molecular complexity index is 583. The third-order valence-corrected chi connectivity index (χ3v) is 3.35. The maximum Gasteiger partial charge on any atom is 0.143 e. The molecule has 0 saturated carbocycles. The molecule has 0 aliphatic carbocycles. The van der Waals surface area contributed by atoms with E-state index in [1.807, 2.05) is 37.3 Å². The molecule has 0 aliphatic rings. The Labute approximate surface area is 126 Å². The molecule has 0 unspecified atom stereocenters. The fraction of sp³-hybridized carbons (Fsp3) is 0.211. The molecule has 0 bridgehead atoms. The quantitative estimate of drug-likeness (QED) is 0.429. The van der Waals surface area contributed by atoms with Gasteiger partial charge in [0.2, 0.25) is 0 Å². The highest BCUT2D eigenvalue weighted by atomic mass is 16.5. The molecule has 108 valence electrons. The summed E-state index contributed by atoms with van der Waals surface area (Å²) in [4.78, 5) is 10.4. The Hall–Kier alpha value is -2.35. The summed E-state index contributed by atoms with van der Waals surface area (Å²) < 4.78 is 5.73. The fourth-order valence-corrected chi connectivity index (χ4v) is 2.12. The molecular formula is C19H20O2. The highest BCUT2D eigenvalue weighted by Crippen LogP contribution is 2.18. The number of rotatable bonds is 7. The molecule has 0 fully saturated rings. The van der Waals surface area contributed by atoms with Gasteiger partial charge in [0.05, 0.1) is 6.61 Å². The van der Waals surface area contributed by atoms with Crippen LogP contribution in [0.3, 0.4) is 0 Å². The molecule has 2 aromatic carbocycles. The van der Waals surface area contributed by atoms with Gasteiger partial charge in [0, 0.05) is 0 Å². The van der Waals surface area contributed by atoms with Crippen LogP contribution in [0.1, 0.15) is 24.5 Å². The number of carbonyl (C=O) groups excluding carboxylic acids is 1. The zero-order valence-corrected chi connectivity index (χ0v) is 12.3. The van der Waals surface area contributed by atoms with Crippen molar-refractivity contribution in [1.29, 1.82) is 0 Å². The lowest BCUT2D eigenvalue weighted by atomic mass is 10.1. The largest absolute Gasteiger partial charge is 0.494 e. The van der Waals surface area contributed by atoms with Crippen molar-refractivity contribution in [3.05, 3.63) is 71.8 Å². The van der Waals surface area contributed by atoms with E-state index < -0.39 is 0 Å². The van der Waals surface area contributed by atoms with Gasteiger partial charge in [0.1, 0.15) is 12.0 Å². The molecule has 0 aliphatic heterocycles. The highest BCUT2D eigenvalue weighted by Gasteiger charge is 1.98. The molecule has 0 saturated heterocycles. The smallest absolute Gasteiger partial charge is 0.143 e. The molecular weight excluding hydrogens is 260 g/mol. The molecule has 2 rings (SSSR count). The van der Waals surface area contributed by atoms with Crippen molar-refractivity contribution >= 4 is 11.9 Å². The minimum absolute atomic E-state index is 0.706. The van der Waals surface area contributed by atoms with Crippen molar-refractivity contribution in [3.8, 4) is 5.75 Å². The lowest BCUT2D eigenvalue weighted by Crippen LogP contribution is -1.99. The van der Waals surface area contributed by atoms with Crippen LogP contribution in [0, 0.1) is 0 Å². The number of benzene rings is 2. The summed E-state index contributed by atoms with van der Waals surface area (Å²) in [7, 11) is 0. The van der Waals surface area contributed by atoms with Crippen LogP contribution in [0.2, 0.25) is 0 Å². The van der Waals surface area contributed by atoms with Gasteiger partial charge in [-0.2, -0.15) is 0 Å². The molecule has 0 heterocycles. The maximum atomic E-state index is 10.4. The Kier molecular flexibility index (Phi) is 5.77. The van der Waals surface area contributed by atoms with Crippen LogP contribution >= 0.6 is 0 Å². The average Bonchev–Trinajstić information content (AvgIpc) is 2.53. The normalized spacial score (nSPS) is 11.2. The van der Waals surface area contributed by atoms with Gasteiger partial charge in [-0.05, 0) is 54.7 Å². The summed E-state index contributed by atoms with van der Waals surface area (Å²) in [5.74, 6) is 0.866. The summed E-state index contributed by atoms with van der Waals surface area (Å²) >= 11 is 0. The lowest BCUT2D eigenvalue weighted by molar-refractivity contribution is -0.104. The summed E-state index contributed by atoms with van der Waals surface area (Å²) in [5.41, 5.74) is 3.34. The van der Waals surface area contributed by atoms with Crippen molar-refractivity contribution in [2.24, 2.45) is 0 Å². The van der Waals surface area contributed by atoms with E-state index in [4.69, 9.17) is 4.74 Å². The fourth-order valence-electron chi connectivity index (χ4n) is 2.12. The number of aryl methyl sites for hydroxylation is 1. The van der Waals surface area contributed by atoms with E-state index in [-0.39, 0.29) is 0 Å². The van der Waals surface area contributed by atoms with Crippen LogP contribution in [0.15, 0.2) is 60.7 Å². The lowest BCUT2D eigenvalue weighted by Gasteiger charge is -2.07. The van der Waals surface area contributed by atoms with Gasteiger partial charge in [-0.25, -0.2) is 0 Å². The molecule has 0 atom stereocenters. The van der Waals surface area contributed by atoms with Crippen LogP contribution in [0.25, 0.3) is 5.57 Å². The van der Waals surface area contributed by atoms with Gasteiger partial charge >= 0.3 is 0 Å². The van der Waals surface area contributed by atoms with Crippen molar-refractivity contribution in [2.45, 2.75) is 19.8 Å². The van der Waals surface area contributed by atoms with E-state index in [1.165, 1.54) is 5.56 Å². The first-order valence-electron chi connectivity index (χ1n) is 7.19. The van der Waals surface area contributed by atoms with Crippen molar-refractivity contribution in [3.63, 3.8) is 0 Å². The molecule has 0 amide bonds. The number of ether oxygens (including phenoxy) is 1. The third-order valence-electron chi connectivity index (χ3n) is 3.35. The van der Waals surface area contributed by atoms with Crippen LogP contribution in [0.4, 0.5) is 0 Å². The summed E-state index contributed by atoms with van der Waals surface area (Å²) in [6, 6.07) is 18.3. The third kappa shape index (κ3) is 4.92. The van der Waals surface area contributed by atoms with Crippen LogP contribution in [-0.2, 0) is 11.2 Å². The second kappa shape index (κ2) is 8.05. The standard InChI is InChI=1S/C19H20O2/c1-16(13-14-20)18-9-11-19(12-10-18)21-15-5-8-17-6-3-2-4-7-17/h2-4,6-7,9-14H,5,8,15H2,1H3/b16-13+. The SMILES string of the molecule is C/C(=C\C=O)c1ccc(OCCCc2ccccc2)cc1. The average molecular weight is 280 g/mol. The first-order valence-corrected chi connectivity index (χ1v) is 7.19. The Morgan fingerprint density at radius 1 is 1.05 bits per heavy atom. The molecule has 2 heteroatoms. The molecule has 0 aromatic heterocycles. The molecule has 0 radical (unpaired) electrons. The monoisotopic (exact) mass is 280 g/mol. The number of aldehydes is 1. The van der Waals surface area contributed by atoms with Gasteiger partial charge < -0.3 is 4.74 Å². The maximum absolute atomic E-state index is 10.4. The van der Waals surface area contributed by atoms with E-state index in [9.17, 15) is 4.79 Å². The second-order valence-electron chi connectivity index (χ2n) is 4.95. The Balaban J connectivity index is 1.79. The summed E-state index contributed by atoms with van der Waals surface area (Å²) in [5, 5.41) is 0. The minimum Gasteiger partial charge on any atom is -0.494 e. The van der Waals surface area contributed by atoms with Crippen LogP contribution in [-0.4, -0.2) is 12.9 Å². The predicted octanol–water partition coefficient (Wildman–Crippen LogP) is 4.30. The van der Waals surface area contributed by atoms with Crippen molar-refractivity contribution in [2.75, 3.05) is 6.61 Å². The zero-order valence-electron chi connectivity index (χ0n) is 12.3. The van der Waals surface area contributed by atoms with Gasteiger partial charge in [-0.1, -0.05) is 42.5 Å². The number of hydrogen-bond donors (Lipinski definition) is 0. The molecule has 0 N–H and O–H groups in total. The number of hydrogen-bond acceptors (Lipinski definition) is 2. The topological polar surface area (TPSA) is 26.3 Å². The van der Waals surface area contributed by atoms with Gasteiger partial charge in [-0.15, -0.1) is 0 Å². The number of carbonyl (C=O) groups is 1. The number of allylic oxidation sites excluding steroid dienone is 2. The first-order chi connectivity index (χ1) is 10.3. The zero-order chi connectivity index (χ0) is 14.9. The van der Waals surface area contributed by atoms with E-state index >= 15 is 0 Å². The highest BCUT2D eigenvalue weighted by molar-refractivity contribution is 5.80. The van der Waals surface area contributed by atoms with Crippen LogP contribution in [0.5, 0.6) is 5.75 Å². The van der Waals surface area contributed by atoms with Crippen LogP contribution < -0.4 is 4.74 Å². The Morgan fingerprint density at radius 2 is 1.76 bits per heavy atom. The van der Waals surface area contributed by atoms with Gasteiger partial charge in [-0.3, -0.25) is 4.79 Å². The summed E-state index contributed by atoms with van der Waals surface area (Å²) in [6.07, 6.45) is 4.40. The molecule has 0 spiro atoms. The van der Waals surface area contributed by atoms with E-state index in [1.54, 1.807) is 6.08 Å². The molecule has 2 aromatic rings. The molecule has 21 heavy (non-hydrogen) atoms. The van der Waals surface area contributed by atoms with E-state index in [2.05, 4.69) is 24.3 Å². The van der Waals surface area contributed by atoms with Crippen molar-refractivity contribution in [1.82, 2.24) is 0 Å². The molecule has 2 nitrogen and oxygen atoms in total. The summed E-state index contributed by atoms with van der Waals surface area (Å²) in [6.45, 7) is 2.63. The second-order valence-corrected chi connectivity index (χ2v) is 4.95. The first kappa shape index (κ1) is 15.0. The van der Waals surface area contributed by atoms with E-state index in [0.717, 1.165) is 36.0 Å². The Morgan fingerprint density at radius 3 is 2.43 bits per heavy atom. The minimum atomic E-state index is 0.706. The van der Waals surface area contributed by atoms with Gasteiger partial charge in [0.25, 0.3) is 0 Å².